The number of hydrogen-bond donors (Lipinski definition) is 1. The van der Waals surface area contributed by atoms with Crippen molar-refractivity contribution < 1.29 is 0 Å². The van der Waals surface area contributed by atoms with Gasteiger partial charge in [-0.1, -0.05) is 40.5 Å². The van der Waals surface area contributed by atoms with Gasteiger partial charge in [-0.2, -0.15) is 0 Å². The minimum absolute atomic E-state index is 0.741. The summed E-state index contributed by atoms with van der Waals surface area (Å²) < 4.78 is 0. The van der Waals surface area contributed by atoms with Crippen LogP contribution in [0.4, 0.5) is 0 Å². The zero-order chi connectivity index (χ0) is 14.5. The summed E-state index contributed by atoms with van der Waals surface area (Å²) in [7, 11) is 0. The van der Waals surface area contributed by atoms with Gasteiger partial charge >= 0.3 is 0 Å². The maximum absolute atomic E-state index is 3.78. The van der Waals surface area contributed by atoms with Crippen molar-refractivity contribution in [3.05, 3.63) is 0 Å². The summed E-state index contributed by atoms with van der Waals surface area (Å²) in [4.78, 5) is 2.84. The average Bonchev–Trinajstić information content (AvgIpc) is 2.40. The third-order valence-electron chi connectivity index (χ3n) is 5.45. The Balaban J connectivity index is 2.01. The van der Waals surface area contributed by atoms with Crippen molar-refractivity contribution in [1.82, 2.24) is 10.2 Å². The molecule has 1 aliphatic carbocycles. The number of likely N-dealkylation sites (tertiary alicyclic amines) is 1. The lowest BCUT2D eigenvalue weighted by Crippen LogP contribution is -2.56. The number of rotatable bonds is 5. The van der Waals surface area contributed by atoms with E-state index in [2.05, 4.69) is 37.9 Å². The molecule has 5 unspecified atom stereocenters. The molecular weight excluding hydrogens is 244 g/mol. The molecule has 2 fully saturated rings. The topological polar surface area (TPSA) is 15.3 Å². The third kappa shape index (κ3) is 4.21. The van der Waals surface area contributed by atoms with E-state index in [1.54, 1.807) is 0 Å². The first-order valence-electron chi connectivity index (χ1n) is 9.11. The molecule has 0 aromatic rings. The van der Waals surface area contributed by atoms with E-state index in [0.29, 0.717) is 0 Å². The molecule has 0 spiro atoms. The number of piperidine rings is 1. The molecule has 0 radical (unpaired) electrons. The smallest absolute Gasteiger partial charge is 0.0252 e. The number of nitrogens with zero attached hydrogens (tertiary/aromatic N) is 1. The van der Waals surface area contributed by atoms with Crippen LogP contribution in [0.15, 0.2) is 0 Å². The predicted molar refractivity (Wildman–Crippen MR) is 88.0 cm³/mol. The van der Waals surface area contributed by atoms with Gasteiger partial charge in [0.1, 0.15) is 0 Å². The summed E-state index contributed by atoms with van der Waals surface area (Å²) in [5.74, 6) is 2.74. The number of likely N-dealkylation sites (N-methyl/N-ethyl adjacent to an activating group) is 1. The van der Waals surface area contributed by atoms with Crippen LogP contribution >= 0.6 is 0 Å². The van der Waals surface area contributed by atoms with Crippen LogP contribution < -0.4 is 5.32 Å². The van der Waals surface area contributed by atoms with E-state index >= 15 is 0 Å². The standard InChI is InChI=1S/C18H36N2/c1-5-7-16-8-9-17(19-6-2)18(11-16)20-12-14(3)10-15(4)13-20/h14-19H,5-13H2,1-4H3. The highest BCUT2D eigenvalue weighted by Crippen LogP contribution is 2.34. The van der Waals surface area contributed by atoms with Gasteiger partial charge in [0.25, 0.3) is 0 Å². The SMILES string of the molecule is CCCC1CCC(NCC)C(N2CC(C)CC(C)C2)C1. The lowest BCUT2D eigenvalue weighted by molar-refractivity contribution is 0.0413. The van der Waals surface area contributed by atoms with Gasteiger partial charge in [0.15, 0.2) is 0 Å². The van der Waals surface area contributed by atoms with Gasteiger partial charge in [-0.15, -0.1) is 0 Å². The quantitative estimate of drug-likeness (QED) is 0.821. The monoisotopic (exact) mass is 280 g/mol. The van der Waals surface area contributed by atoms with E-state index in [9.17, 15) is 0 Å². The molecule has 118 valence electrons. The Hall–Kier alpha value is -0.0800. The van der Waals surface area contributed by atoms with Crippen molar-refractivity contribution in [1.29, 1.82) is 0 Å². The van der Waals surface area contributed by atoms with Crippen molar-refractivity contribution >= 4 is 0 Å². The van der Waals surface area contributed by atoms with Crippen molar-refractivity contribution in [3.63, 3.8) is 0 Å². The molecule has 5 atom stereocenters. The molecule has 1 saturated heterocycles. The van der Waals surface area contributed by atoms with Crippen molar-refractivity contribution in [2.24, 2.45) is 17.8 Å². The molecule has 2 heteroatoms. The Bertz CT molecular complexity index is 269. The van der Waals surface area contributed by atoms with E-state index in [0.717, 1.165) is 36.4 Å². The van der Waals surface area contributed by atoms with Crippen LogP contribution in [0, 0.1) is 17.8 Å². The van der Waals surface area contributed by atoms with Gasteiger partial charge in [0, 0.05) is 25.2 Å². The highest BCUT2D eigenvalue weighted by Gasteiger charge is 2.36. The largest absolute Gasteiger partial charge is 0.313 e. The second kappa shape index (κ2) is 7.79. The highest BCUT2D eigenvalue weighted by molar-refractivity contribution is 4.93. The van der Waals surface area contributed by atoms with Crippen LogP contribution in [0.1, 0.15) is 66.2 Å². The summed E-state index contributed by atoms with van der Waals surface area (Å²) in [6.07, 6.45) is 8.49. The lowest BCUT2D eigenvalue weighted by atomic mass is 9.78. The maximum Gasteiger partial charge on any atom is 0.0252 e. The zero-order valence-electron chi connectivity index (χ0n) is 14.2. The van der Waals surface area contributed by atoms with E-state index < -0.39 is 0 Å². The fourth-order valence-corrected chi connectivity index (χ4v) is 4.79. The normalized spacial score (nSPS) is 39.9. The third-order valence-corrected chi connectivity index (χ3v) is 5.45. The minimum atomic E-state index is 0.741. The molecule has 2 rings (SSSR count). The Morgan fingerprint density at radius 1 is 1.00 bits per heavy atom. The van der Waals surface area contributed by atoms with E-state index in [-0.39, 0.29) is 0 Å². The first-order valence-corrected chi connectivity index (χ1v) is 9.11. The lowest BCUT2D eigenvalue weighted by Gasteiger charge is -2.47. The van der Waals surface area contributed by atoms with Crippen LogP contribution in [-0.2, 0) is 0 Å². The summed E-state index contributed by atoms with van der Waals surface area (Å²) >= 11 is 0. The van der Waals surface area contributed by atoms with E-state index in [4.69, 9.17) is 0 Å². The molecule has 1 aliphatic heterocycles. The molecule has 2 aliphatic rings. The summed E-state index contributed by atoms with van der Waals surface area (Å²) in [5, 5.41) is 3.78. The molecule has 1 heterocycles. The second-order valence-electron chi connectivity index (χ2n) is 7.60. The van der Waals surface area contributed by atoms with Gasteiger partial charge in [-0.05, 0) is 50.0 Å². The van der Waals surface area contributed by atoms with Crippen LogP contribution in [0.25, 0.3) is 0 Å². The van der Waals surface area contributed by atoms with Gasteiger partial charge in [0.2, 0.25) is 0 Å². The van der Waals surface area contributed by atoms with Crippen molar-refractivity contribution in [2.75, 3.05) is 19.6 Å². The average molecular weight is 281 g/mol. The highest BCUT2D eigenvalue weighted by atomic mass is 15.2. The van der Waals surface area contributed by atoms with E-state index in [1.807, 2.05) is 0 Å². The second-order valence-corrected chi connectivity index (χ2v) is 7.60. The fraction of sp³-hybridized carbons (Fsp3) is 1.00. The zero-order valence-corrected chi connectivity index (χ0v) is 14.2. The van der Waals surface area contributed by atoms with Crippen LogP contribution in [0.3, 0.4) is 0 Å². The van der Waals surface area contributed by atoms with Gasteiger partial charge in [-0.3, -0.25) is 4.90 Å². The molecule has 1 N–H and O–H groups in total. The molecule has 0 amide bonds. The van der Waals surface area contributed by atoms with Crippen LogP contribution in [0.5, 0.6) is 0 Å². The van der Waals surface area contributed by atoms with Crippen LogP contribution in [0.2, 0.25) is 0 Å². The van der Waals surface area contributed by atoms with Crippen LogP contribution in [-0.4, -0.2) is 36.6 Å². The Morgan fingerprint density at radius 3 is 2.30 bits per heavy atom. The molecular formula is C18H36N2. The van der Waals surface area contributed by atoms with Crippen molar-refractivity contribution in [3.8, 4) is 0 Å². The first kappa shape index (κ1) is 16.3. The molecule has 0 aromatic carbocycles. The molecule has 20 heavy (non-hydrogen) atoms. The van der Waals surface area contributed by atoms with Gasteiger partial charge < -0.3 is 5.32 Å². The number of nitrogens with one attached hydrogen (secondary N) is 1. The van der Waals surface area contributed by atoms with E-state index in [1.165, 1.54) is 51.6 Å². The Kier molecular flexibility index (Phi) is 6.35. The Morgan fingerprint density at radius 2 is 1.70 bits per heavy atom. The molecule has 1 saturated carbocycles. The molecule has 2 nitrogen and oxygen atoms in total. The molecule has 0 bridgehead atoms. The maximum atomic E-state index is 3.78. The van der Waals surface area contributed by atoms with Crippen molar-refractivity contribution in [2.45, 2.75) is 78.3 Å². The van der Waals surface area contributed by atoms with Gasteiger partial charge in [-0.25, -0.2) is 0 Å². The summed E-state index contributed by atoms with van der Waals surface area (Å²) in [5.41, 5.74) is 0. The molecule has 0 aromatic heterocycles. The summed E-state index contributed by atoms with van der Waals surface area (Å²) in [6.45, 7) is 13.3. The minimum Gasteiger partial charge on any atom is -0.313 e. The van der Waals surface area contributed by atoms with Gasteiger partial charge in [0.05, 0.1) is 0 Å². The fourth-order valence-electron chi connectivity index (χ4n) is 4.79. The summed E-state index contributed by atoms with van der Waals surface area (Å²) in [6, 6.07) is 1.54. The predicted octanol–water partition coefficient (Wildman–Crippen LogP) is 3.91. The first-order chi connectivity index (χ1) is 9.63. The Labute approximate surface area is 126 Å². The number of hydrogen-bond acceptors (Lipinski definition) is 2.